The Hall–Kier alpha value is -1.64. The molecular formula is C19H30N4O3S. The van der Waals surface area contributed by atoms with Crippen LogP contribution in [-0.4, -0.2) is 81.2 Å². The minimum Gasteiger partial charge on any atom is -0.378 e. The van der Waals surface area contributed by atoms with Gasteiger partial charge in [0.25, 0.3) is 16.1 Å². The van der Waals surface area contributed by atoms with E-state index in [1.165, 1.54) is 0 Å². The van der Waals surface area contributed by atoms with Crippen LogP contribution in [0.4, 0.5) is 5.69 Å². The van der Waals surface area contributed by atoms with E-state index in [2.05, 4.69) is 0 Å². The molecule has 0 bridgehead atoms. The SMILES string of the molecule is CN(C)c1ccc(C(=O)N2CCCN(S(=O)(=O)N3CCCCC3)CC2)cc1. The quantitative estimate of drug-likeness (QED) is 0.779. The topological polar surface area (TPSA) is 64.2 Å². The van der Waals surface area contributed by atoms with E-state index in [0.29, 0.717) is 51.3 Å². The van der Waals surface area contributed by atoms with Crippen LogP contribution in [0.25, 0.3) is 0 Å². The standard InChI is InChI=1S/C19H30N4O3S/c1-20(2)18-9-7-17(8-10-18)19(24)21-11-6-14-23(16-15-21)27(25,26)22-12-4-3-5-13-22/h7-10H,3-6,11-16H2,1-2H3. The molecule has 2 aliphatic rings. The monoisotopic (exact) mass is 394 g/mol. The van der Waals surface area contributed by atoms with Crippen molar-refractivity contribution < 1.29 is 13.2 Å². The molecule has 0 unspecified atom stereocenters. The van der Waals surface area contributed by atoms with Gasteiger partial charge in [-0.1, -0.05) is 6.42 Å². The number of nitrogens with zero attached hydrogens (tertiary/aromatic N) is 4. The van der Waals surface area contributed by atoms with Crippen molar-refractivity contribution in [2.24, 2.45) is 0 Å². The summed E-state index contributed by atoms with van der Waals surface area (Å²) in [5, 5.41) is 0. The normalized spacial score (nSPS) is 20.3. The third-order valence-electron chi connectivity index (χ3n) is 5.34. The van der Waals surface area contributed by atoms with E-state index < -0.39 is 10.2 Å². The molecule has 27 heavy (non-hydrogen) atoms. The van der Waals surface area contributed by atoms with Gasteiger partial charge < -0.3 is 9.80 Å². The van der Waals surface area contributed by atoms with Crippen LogP contribution in [0.2, 0.25) is 0 Å². The Bertz CT molecular complexity index is 743. The molecule has 0 aromatic heterocycles. The predicted molar refractivity (Wildman–Crippen MR) is 107 cm³/mol. The van der Waals surface area contributed by atoms with Gasteiger partial charge in [-0.15, -0.1) is 0 Å². The second-order valence-electron chi connectivity index (χ2n) is 7.45. The van der Waals surface area contributed by atoms with E-state index in [9.17, 15) is 13.2 Å². The molecule has 2 heterocycles. The van der Waals surface area contributed by atoms with Crippen LogP contribution >= 0.6 is 0 Å². The van der Waals surface area contributed by atoms with Gasteiger partial charge in [-0.3, -0.25) is 4.79 Å². The average molecular weight is 395 g/mol. The van der Waals surface area contributed by atoms with Crippen molar-refractivity contribution in [3.8, 4) is 0 Å². The molecular weight excluding hydrogens is 364 g/mol. The van der Waals surface area contributed by atoms with Crippen LogP contribution in [0, 0.1) is 0 Å². The molecule has 1 aromatic carbocycles. The summed E-state index contributed by atoms with van der Waals surface area (Å²) in [7, 11) is 0.508. The van der Waals surface area contributed by atoms with Crippen LogP contribution in [0.5, 0.6) is 0 Å². The number of carbonyl (C=O) groups excluding carboxylic acids is 1. The van der Waals surface area contributed by atoms with E-state index in [1.807, 2.05) is 43.3 Å². The van der Waals surface area contributed by atoms with Gasteiger partial charge in [-0.2, -0.15) is 17.0 Å². The highest BCUT2D eigenvalue weighted by Gasteiger charge is 2.32. The summed E-state index contributed by atoms with van der Waals surface area (Å²) in [6.45, 7) is 3.07. The van der Waals surface area contributed by atoms with E-state index in [0.717, 1.165) is 24.9 Å². The van der Waals surface area contributed by atoms with Crippen molar-refractivity contribution in [1.29, 1.82) is 0 Å². The molecule has 0 radical (unpaired) electrons. The molecule has 2 saturated heterocycles. The van der Waals surface area contributed by atoms with Crippen molar-refractivity contribution >= 4 is 21.8 Å². The predicted octanol–water partition coefficient (Wildman–Crippen LogP) is 1.63. The van der Waals surface area contributed by atoms with Crippen LogP contribution in [0.15, 0.2) is 24.3 Å². The summed E-state index contributed by atoms with van der Waals surface area (Å²) in [6.07, 6.45) is 3.62. The first kappa shape index (κ1) is 20.1. The lowest BCUT2D eigenvalue weighted by atomic mass is 10.1. The number of benzene rings is 1. The molecule has 7 nitrogen and oxygen atoms in total. The molecule has 150 valence electrons. The molecule has 0 atom stereocenters. The lowest BCUT2D eigenvalue weighted by Crippen LogP contribution is -2.47. The lowest BCUT2D eigenvalue weighted by molar-refractivity contribution is 0.0764. The fourth-order valence-electron chi connectivity index (χ4n) is 3.67. The third kappa shape index (κ3) is 4.62. The Labute approximate surface area is 162 Å². The Balaban J connectivity index is 1.64. The molecule has 1 amide bonds. The summed E-state index contributed by atoms with van der Waals surface area (Å²) in [4.78, 5) is 16.6. The Kier molecular flexibility index (Phi) is 6.39. The van der Waals surface area contributed by atoms with Gasteiger partial charge in [0.2, 0.25) is 0 Å². The summed E-state index contributed by atoms with van der Waals surface area (Å²) in [6, 6.07) is 7.53. The molecule has 2 fully saturated rings. The minimum absolute atomic E-state index is 0.0301. The highest BCUT2D eigenvalue weighted by molar-refractivity contribution is 7.86. The maximum absolute atomic E-state index is 12.9. The number of amides is 1. The highest BCUT2D eigenvalue weighted by atomic mass is 32.2. The Morgan fingerprint density at radius 3 is 2.04 bits per heavy atom. The minimum atomic E-state index is -3.41. The fourth-order valence-corrected chi connectivity index (χ4v) is 5.39. The number of piperidine rings is 1. The van der Waals surface area contributed by atoms with Gasteiger partial charge in [-0.25, -0.2) is 0 Å². The summed E-state index contributed by atoms with van der Waals surface area (Å²) < 4.78 is 28.9. The van der Waals surface area contributed by atoms with Crippen molar-refractivity contribution in [2.45, 2.75) is 25.7 Å². The first-order valence-electron chi connectivity index (χ1n) is 9.71. The van der Waals surface area contributed by atoms with Crippen LogP contribution in [0.3, 0.4) is 0 Å². The zero-order valence-corrected chi connectivity index (χ0v) is 17.1. The zero-order valence-electron chi connectivity index (χ0n) is 16.3. The number of hydrogen-bond acceptors (Lipinski definition) is 4. The highest BCUT2D eigenvalue weighted by Crippen LogP contribution is 2.19. The molecule has 1 aromatic rings. The van der Waals surface area contributed by atoms with Crippen molar-refractivity contribution in [3.05, 3.63) is 29.8 Å². The zero-order chi connectivity index (χ0) is 19.4. The molecule has 2 aliphatic heterocycles. The molecule has 0 spiro atoms. The van der Waals surface area contributed by atoms with Crippen LogP contribution in [-0.2, 0) is 10.2 Å². The maximum atomic E-state index is 12.9. The first-order chi connectivity index (χ1) is 12.9. The van der Waals surface area contributed by atoms with Gasteiger partial charge in [0, 0.05) is 64.6 Å². The van der Waals surface area contributed by atoms with Gasteiger partial charge in [-0.05, 0) is 43.5 Å². The molecule has 0 saturated carbocycles. The van der Waals surface area contributed by atoms with E-state index in [-0.39, 0.29) is 5.91 Å². The number of anilines is 1. The van der Waals surface area contributed by atoms with Crippen molar-refractivity contribution in [3.63, 3.8) is 0 Å². The second kappa shape index (κ2) is 8.58. The van der Waals surface area contributed by atoms with Gasteiger partial charge in [0.05, 0.1) is 0 Å². The van der Waals surface area contributed by atoms with E-state index in [1.54, 1.807) is 13.5 Å². The molecule has 0 N–H and O–H groups in total. The van der Waals surface area contributed by atoms with Crippen LogP contribution < -0.4 is 4.90 Å². The average Bonchev–Trinajstić information content (AvgIpc) is 2.95. The van der Waals surface area contributed by atoms with Crippen molar-refractivity contribution in [1.82, 2.24) is 13.5 Å². The summed E-state index contributed by atoms with van der Waals surface area (Å²) >= 11 is 0. The largest absolute Gasteiger partial charge is 0.378 e. The number of hydrogen-bond donors (Lipinski definition) is 0. The fraction of sp³-hybridized carbons (Fsp3) is 0.632. The third-order valence-corrected chi connectivity index (χ3v) is 7.38. The van der Waals surface area contributed by atoms with Gasteiger partial charge in [0.1, 0.15) is 0 Å². The maximum Gasteiger partial charge on any atom is 0.282 e. The number of carbonyl (C=O) groups is 1. The first-order valence-corrected chi connectivity index (χ1v) is 11.1. The molecule has 3 rings (SSSR count). The Morgan fingerprint density at radius 1 is 0.815 bits per heavy atom. The van der Waals surface area contributed by atoms with Crippen LogP contribution in [0.1, 0.15) is 36.0 Å². The van der Waals surface area contributed by atoms with Gasteiger partial charge in [0.15, 0.2) is 0 Å². The lowest BCUT2D eigenvalue weighted by Gasteiger charge is -2.31. The summed E-state index contributed by atoms with van der Waals surface area (Å²) in [5.41, 5.74) is 1.69. The Morgan fingerprint density at radius 2 is 1.41 bits per heavy atom. The molecule has 8 heteroatoms. The van der Waals surface area contributed by atoms with E-state index in [4.69, 9.17) is 0 Å². The molecule has 0 aliphatic carbocycles. The smallest absolute Gasteiger partial charge is 0.282 e. The number of rotatable bonds is 4. The second-order valence-corrected chi connectivity index (χ2v) is 9.38. The van der Waals surface area contributed by atoms with Gasteiger partial charge >= 0.3 is 0 Å². The van der Waals surface area contributed by atoms with E-state index >= 15 is 0 Å². The summed E-state index contributed by atoms with van der Waals surface area (Å²) in [5.74, 6) is -0.0301. The van der Waals surface area contributed by atoms with Crippen molar-refractivity contribution in [2.75, 3.05) is 58.3 Å².